The first-order valence-corrected chi connectivity index (χ1v) is 8.46. The molecule has 0 radical (unpaired) electrons. The van der Waals surface area contributed by atoms with Crippen LogP contribution < -0.4 is 0 Å². The molecule has 1 rings (SSSR count). The number of hydrogen-bond donors (Lipinski definition) is 0. The Morgan fingerprint density at radius 3 is 2.42 bits per heavy atom. The molecule has 0 aromatic heterocycles. The zero-order valence-electron chi connectivity index (χ0n) is 13.5. The van der Waals surface area contributed by atoms with E-state index in [0.29, 0.717) is 15.8 Å². The second-order valence-corrected chi connectivity index (χ2v) is 6.90. The first-order chi connectivity index (χ1) is 11.0. The summed E-state index contributed by atoms with van der Waals surface area (Å²) in [4.78, 5) is 17.3. The third kappa shape index (κ3) is 5.18. The van der Waals surface area contributed by atoms with Gasteiger partial charge in [-0.2, -0.15) is 13.2 Å². The van der Waals surface area contributed by atoms with Crippen LogP contribution in [0, 0.1) is 0 Å². The molecule has 0 aliphatic rings. The van der Waals surface area contributed by atoms with Gasteiger partial charge < -0.3 is 4.90 Å². The fourth-order valence-corrected chi connectivity index (χ4v) is 2.98. The van der Waals surface area contributed by atoms with Gasteiger partial charge in [0.05, 0.1) is 12.0 Å². The number of benzene rings is 1. The van der Waals surface area contributed by atoms with E-state index < -0.39 is 28.7 Å². The van der Waals surface area contributed by atoms with Crippen LogP contribution in [0.5, 0.6) is 0 Å². The average Bonchev–Trinajstić information content (AvgIpc) is 2.51. The highest BCUT2D eigenvalue weighted by Crippen LogP contribution is 2.20. The lowest BCUT2D eigenvalue weighted by Gasteiger charge is -2.23. The Bertz CT molecular complexity index is 677. The van der Waals surface area contributed by atoms with E-state index in [1.165, 1.54) is 18.2 Å². The van der Waals surface area contributed by atoms with Crippen molar-refractivity contribution in [2.24, 2.45) is 0 Å². The highest BCUT2D eigenvalue weighted by atomic mass is 32.2. The average molecular weight is 368 g/mol. The number of carbonyl (C=O) groups excluding carboxylic acids is 1. The summed E-state index contributed by atoms with van der Waals surface area (Å²) < 4.78 is 62.7. The monoisotopic (exact) mass is 368 g/mol. The van der Waals surface area contributed by atoms with Crippen molar-refractivity contribution >= 4 is 15.9 Å². The van der Waals surface area contributed by atoms with E-state index >= 15 is 0 Å². The van der Waals surface area contributed by atoms with Gasteiger partial charge in [-0.3, -0.25) is 9.63 Å². The van der Waals surface area contributed by atoms with E-state index in [-0.39, 0.29) is 17.0 Å². The van der Waals surface area contributed by atoms with Crippen LogP contribution in [0.2, 0.25) is 0 Å². The SMILES string of the molecule is CCCN(CC(F)(F)F)C(=O)c1cccc(S(=O)(=O)N(C)OC)c1. The quantitative estimate of drug-likeness (QED) is 0.693. The minimum absolute atomic E-state index is 0.0900. The summed E-state index contributed by atoms with van der Waals surface area (Å²) in [6.07, 6.45) is -4.20. The molecule has 10 heteroatoms. The lowest BCUT2D eigenvalue weighted by molar-refractivity contribution is -0.140. The summed E-state index contributed by atoms with van der Waals surface area (Å²) >= 11 is 0. The number of rotatable bonds is 7. The number of hydrogen-bond acceptors (Lipinski definition) is 4. The Hall–Kier alpha value is -1.65. The van der Waals surface area contributed by atoms with Gasteiger partial charge in [-0.25, -0.2) is 8.42 Å². The van der Waals surface area contributed by atoms with Gasteiger partial charge >= 0.3 is 6.18 Å². The normalized spacial score (nSPS) is 12.5. The molecule has 0 spiro atoms. The predicted octanol–water partition coefficient (Wildman–Crippen LogP) is 2.28. The topological polar surface area (TPSA) is 66.9 Å². The number of hydroxylamine groups is 1. The highest BCUT2D eigenvalue weighted by Gasteiger charge is 2.33. The summed E-state index contributed by atoms with van der Waals surface area (Å²) in [5.74, 6) is -0.883. The molecule has 0 bridgehead atoms. The largest absolute Gasteiger partial charge is 0.406 e. The van der Waals surface area contributed by atoms with Crippen molar-refractivity contribution in [3.63, 3.8) is 0 Å². The van der Waals surface area contributed by atoms with E-state index in [0.717, 1.165) is 20.2 Å². The summed E-state index contributed by atoms with van der Waals surface area (Å²) in [5, 5.41) is 0. The van der Waals surface area contributed by atoms with Crippen molar-refractivity contribution < 1.29 is 31.2 Å². The molecule has 1 aromatic carbocycles. The second kappa shape index (κ2) is 7.95. The molecule has 0 fully saturated rings. The molecule has 0 aliphatic heterocycles. The van der Waals surface area contributed by atoms with Crippen LogP contribution in [0.4, 0.5) is 13.2 Å². The number of nitrogens with zero attached hydrogens (tertiary/aromatic N) is 2. The Labute approximate surface area is 138 Å². The molecule has 1 amide bonds. The first kappa shape index (κ1) is 20.4. The number of amides is 1. The molecule has 0 saturated carbocycles. The molecule has 1 aromatic rings. The van der Waals surface area contributed by atoms with E-state index in [4.69, 9.17) is 0 Å². The van der Waals surface area contributed by atoms with E-state index in [2.05, 4.69) is 4.84 Å². The fourth-order valence-electron chi connectivity index (χ4n) is 1.96. The minimum atomic E-state index is -4.54. The molecule has 0 N–H and O–H groups in total. The number of carbonyl (C=O) groups is 1. The number of alkyl halides is 3. The molecular formula is C14H19F3N2O4S. The van der Waals surface area contributed by atoms with Gasteiger partial charge in [-0.05, 0) is 24.6 Å². The maximum Gasteiger partial charge on any atom is 0.406 e. The zero-order valence-corrected chi connectivity index (χ0v) is 14.3. The van der Waals surface area contributed by atoms with Gasteiger partial charge in [0, 0.05) is 19.2 Å². The second-order valence-electron chi connectivity index (χ2n) is 4.97. The van der Waals surface area contributed by atoms with E-state index in [1.807, 2.05) is 0 Å². The highest BCUT2D eigenvalue weighted by molar-refractivity contribution is 7.89. The summed E-state index contributed by atoms with van der Waals surface area (Å²) in [6.45, 7) is 0.160. The minimum Gasteiger partial charge on any atom is -0.330 e. The number of halogens is 3. The van der Waals surface area contributed by atoms with Crippen LogP contribution in [0.3, 0.4) is 0 Å². The van der Waals surface area contributed by atoms with Gasteiger partial charge in [0.15, 0.2) is 0 Å². The van der Waals surface area contributed by atoms with Crippen molar-refractivity contribution in [2.45, 2.75) is 24.4 Å². The summed E-state index contributed by atoms with van der Waals surface area (Å²) in [5.41, 5.74) is -0.140. The molecule has 0 unspecified atom stereocenters. The standard InChI is InChI=1S/C14H19F3N2O4S/c1-4-8-19(10-14(15,16)17)13(20)11-6-5-7-12(9-11)24(21,22)18(2)23-3/h5-7,9H,4,8,10H2,1-3H3. The summed E-state index contributed by atoms with van der Waals surface area (Å²) in [7, 11) is -1.68. The van der Waals surface area contributed by atoms with Crippen LogP contribution in [-0.2, 0) is 14.9 Å². The molecule has 6 nitrogen and oxygen atoms in total. The van der Waals surface area contributed by atoms with Gasteiger partial charge in [0.25, 0.3) is 15.9 Å². The lowest BCUT2D eigenvalue weighted by Crippen LogP contribution is -2.39. The molecule has 136 valence electrons. The molecule has 0 aliphatic carbocycles. The Kier molecular flexibility index (Phi) is 6.76. The Morgan fingerprint density at radius 2 is 1.92 bits per heavy atom. The Balaban J connectivity index is 3.17. The van der Waals surface area contributed by atoms with Crippen LogP contribution >= 0.6 is 0 Å². The van der Waals surface area contributed by atoms with Crippen molar-refractivity contribution in [1.82, 2.24) is 9.37 Å². The van der Waals surface area contributed by atoms with Gasteiger partial charge in [0.2, 0.25) is 0 Å². The maximum absolute atomic E-state index is 12.6. The number of sulfonamides is 1. The zero-order chi connectivity index (χ0) is 18.5. The van der Waals surface area contributed by atoms with Crippen LogP contribution in [0.1, 0.15) is 23.7 Å². The smallest absolute Gasteiger partial charge is 0.330 e. The fraction of sp³-hybridized carbons (Fsp3) is 0.500. The van der Waals surface area contributed by atoms with Gasteiger partial charge in [-0.1, -0.05) is 17.5 Å². The molecule has 0 atom stereocenters. The molecule has 0 saturated heterocycles. The van der Waals surface area contributed by atoms with Crippen molar-refractivity contribution in [1.29, 1.82) is 0 Å². The van der Waals surface area contributed by atoms with Crippen LogP contribution in [0.25, 0.3) is 0 Å². The van der Waals surface area contributed by atoms with Crippen molar-refractivity contribution in [2.75, 3.05) is 27.2 Å². The van der Waals surface area contributed by atoms with Gasteiger partial charge in [-0.15, -0.1) is 0 Å². The predicted molar refractivity (Wildman–Crippen MR) is 80.6 cm³/mol. The van der Waals surface area contributed by atoms with Crippen molar-refractivity contribution in [3.05, 3.63) is 29.8 Å². The first-order valence-electron chi connectivity index (χ1n) is 7.02. The Morgan fingerprint density at radius 1 is 1.29 bits per heavy atom. The van der Waals surface area contributed by atoms with Crippen LogP contribution in [-0.4, -0.2) is 57.1 Å². The third-order valence-corrected chi connectivity index (χ3v) is 4.80. The molecular weight excluding hydrogens is 349 g/mol. The lowest BCUT2D eigenvalue weighted by atomic mass is 10.2. The summed E-state index contributed by atoms with van der Waals surface area (Å²) in [6, 6.07) is 4.83. The third-order valence-electron chi connectivity index (χ3n) is 3.13. The van der Waals surface area contributed by atoms with Crippen LogP contribution in [0.15, 0.2) is 29.2 Å². The van der Waals surface area contributed by atoms with E-state index in [1.54, 1.807) is 6.92 Å². The molecule has 24 heavy (non-hydrogen) atoms. The van der Waals surface area contributed by atoms with Crippen molar-refractivity contribution in [3.8, 4) is 0 Å². The van der Waals surface area contributed by atoms with E-state index in [9.17, 15) is 26.4 Å². The van der Waals surface area contributed by atoms with Gasteiger partial charge in [0.1, 0.15) is 6.54 Å². The maximum atomic E-state index is 12.6. The molecule has 0 heterocycles.